The van der Waals surface area contributed by atoms with Crippen molar-refractivity contribution in [3.63, 3.8) is 0 Å². The number of nitrogens with one attached hydrogen (secondary N) is 1. The molecule has 2 rings (SSSR count). The molecule has 1 aliphatic rings. The maximum absolute atomic E-state index is 13.5. The van der Waals surface area contributed by atoms with Crippen molar-refractivity contribution in [3.8, 4) is 0 Å². The van der Waals surface area contributed by atoms with Gasteiger partial charge in [0.15, 0.2) is 5.96 Å². The molecule has 1 saturated heterocycles. The lowest BCUT2D eigenvalue weighted by atomic mass is 10.1. The van der Waals surface area contributed by atoms with Gasteiger partial charge in [0.25, 0.3) is 0 Å². The number of aliphatic imine (C=N–C) groups is 1. The van der Waals surface area contributed by atoms with Gasteiger partial charge < -0.3 is 11.1 Å². The van der Waals surface area contributed by atoms with Crippen LogP contribution in [-0.4, -0.2) is 43.1 Å². The largest absolute Gasteiger partial charge is 0.370 e. The minimum absolute atomic E-state index is 0.167. The fourth-order valence-corrected chi connectivity index (χ4v) is 2.80. The van der Waals surface area contributed by atoms with Crippen LogP contribution in [-0.2, 0) is 6.42 Å². The summed E-state index contributed by atoms with van der Waals surface area (Å²) in [5, 5.41) is 3.06. The third-order valence-electron chi connectivity index (χ3n) is 4.04. The molecule has 0 radical (unpaired) electrons. The van der Waals surface area contributed by atoms with Crippen LogP contribution in [0.1, 0.15) is 25.3 Å². The number of likely N-dealkylation sites (N-methyl/N-ethyl adjacent to an activating group) is 1. The van der Waals surface area contributed by atoms with Gasteiger partial charge in [-0.15, -0.1) is 0 Å². The van der Waals surface area contributed by atoms with Crippen molar-refractivity contribution in [1.82, 2.24) is 10.2 Å². The molecule has 1 atom stereocenters. The Labute approximate surface area is 126 Å². The second-order valence-electron chi connectivity index (χ2n) is 5.42. The smallest absolute Gasteiger partial charge is 0.188 e. The maximum Gasteiger partial charge on any atom is 0.188 e. The van der Waals surface area contributed by atoms with Gasteiger partial charge in [0.2, 0.25) is 0 Å². The van der Waals surface area contributed by atoms with Crippen LogP contribution in [0.15, 0.2) is 29.3 Å². The van der Waals surface area contributed by atoms with E-state index in [-0.39, 0.29) is 5.82 Å². The van der Waals surface area contributed by atoms with E-state index in [0.717, 1.165) is 19.6 Å². The summed E-state index contributed by atoms with van der Waals surface area (Å²) in [6.07, 6.45) is 3.04. The number of likely N-dealkylation sites (tertiary alicyclic amines) is 1. The van der Waals surface area contributed by atoms with Crippen LogP contribution < -0.4 is 11.1 Å². The molecule has 1 unspecified atom stereocenters. The SMILES string of the molecule is CCN1CCCC1CN=C(N)NCCc1ccccc1F. The molecule has 0 amide bonds. The quantitative estimate of drug-likeness (QED) is 0.620. The molecule has 1 heterocycles. The van der Waals surface area contributed by atoms with Gasteiger partial charge in [0, 0.05) is 12.6 Å². The number of benzene rings is 1. The minimum Gasteiger partial charge on any atom is -0.370 e. The van der Waals surface area contributed by atoms with Crippen molar-refractivity contribution >= 4 is 5.96 Å². The minimum atomic E-state index is -0.167. The molecule has 116 valence electrons. The van der Waals surface area contributed by atoms with Crippen molar-refractivity contribution in [2.45, 2.75) is 32.2 Å². The van der Waals surface area contributed by atoms with E-state index in [1.807, 2.05) is 6.07 Å². The van der Waals surface area contributed by atoms with Crippen LogP contribution in [0.3, 0.4) is 0 Å². The van der Waals surface area contributed by atoms with Crippen molar-refractivity contribution in [2.24, 2.45) is 10.7 Å². The first-order valence-electron chi connectivity index (χ1n) is 7.72. The van der Waals surface area contributed by atoms with Gasteiger partial charge in [-0.05, 0) is 44.0 Å². The third-order valence-corrected chi connectivity index (χ3v) is 4.04. The van der Waals surface area contributed by atoms with Crippen molar-refractivity contribution in [3.05, 3.63) is 35.6 Å². The molecule has 3 N–H and O–H groups in total. The highest BCUT2D eigenvalue weighted by Crippen LogP contribution is 2.16. The van der Waals surface area contributed by atoms with E-state index in [4.69, 9.17) is 5.73 Å². The Morgan fingerprint density at radius 3 is 3.05 bits per heavy atom. The predicted molar refractivity (Wildman–Crippen MR) is 84.9 cm³/mol. The molecule has 0 saturated carbocycles. The molecule has 0 aliphatic carbocycles. The topological polar surface area (TPSA) is 53.6 Å². The summed E-state index contributed by atoms with van der Waals surface area (Å²) < 4.78 is 13.5. The molecule has 21 heavy (non-hydrogen) atoms. The Bertz CT molecular complexity index is 475. The molecule has 0 spiro atoms. The zero-order valence-corrected chi connectivity index (χ0v) is 12.7. The molecular weight excluding hydrogens is 267 g/mol. The van der Waals surface area contributed by atoms with Gasteiger partial charge in [0.05, 0.1) is 6.54 Å². The number of guanidine groups is 1. The lowest BCUT2D eigenvalue weighted by molar-refractivity contribution is 0.273. The lowest BCUT2D eigenvalue weighted by Gasteiger charge is -2.20. The molecule has 4 nitrogen and oxygen atoms in total. The molecule has 1 aromatic carbocycles. The highest BCUT2D eigenvalue weighted by atomic mass is 19.1. The van der Waals surface area contributed by atoms with Crippen LogP contribution in [0, 0.1) is 5.82 Å². The second kappa shape index (κ2) is 7.98. The molecular formula is C16H25FN4. The van der Waals surface area contributed by atoms with E-state index in [1.54, 1.807) is 12.1 Å². The number of hydrogen-bond donors (Lipinski definition) is 2. The summed E-state index contributed by atoms with van der Waals surface area (Å²) in [5.74, 6) is 0.286. The van der Waals surface area contributed by atoms with E-state index < -0.39 is 0 Å². The van der Waals surface area contributed by atoms with Gasteiger partial charge in [-0.2, -0.15) is 0 Å². The van der Waals surface area contributed by atoms with Crippen molar-refractivity contribution < 1.29 is 4.39 Å². The highest BCUT2D eigenvalue weighted by Gasteiger charge is 2.22. The predicted octanol–water partition coefficient (Wildman–Crippen LogP) is 1.76. The molecule has 1 aliphatic heterocycles. The fraction of sp³-hybridized carbons (Fsp3) is 0.562. The molecule has 1 fully saturated rings. The Morgan fingerprint density at radius 1 is 1.48 bits per heavy atom. The number of halogens is 1. The van der Waals surface area contributed by atoms with E-state index in [0.29, 0.717) is 30.5 Å². The fourth-order valence-electron chi connectivity index (χ4n) is 2.80. The summed E-state index contributed by atoms with van der Waals surface area (Å²) in [4.78, 5) is 6.85. The van der Waals surface area contributed by atoms with E-state index in [2.05, 4.69) is 22.1 Å². The number of nitrogens with two attached hydrogens (primary N) is 1. The van der Waals surface area contributed by atoms with Gasteiger partial charge in [-0.3, -0.25) is 9.89 Å². The zero-order valence-electron chi connectivity index (χ0n) is 12.7. The van der Waals surface area contributed by atoms with E-state index >= 15 is 0 Å². The molecule has 1 aromatic rings. The molecule has 0 bridgehead atoms. The highest BCUT2D eigenvalue weighted by molar-refractivity contribution is 5.77. The monoisotopic (exact) mass is 292 g/mol. The third kappa shape index (κ3) is 4.70. The number of hydrogen-bond acceptors (Lipinski definition) is 2. The van der Waals surface area contributed by atoms with Crippen molar-refractivity contribution in [1.29, 1.82) is 0 Å². The van der Waals surface area contributed by atoms with Gasteiger partial charge >= 0.3 is 0 Å². The normalized spacial score (nSPS) is 19.9. The second-order valence-corrected chi connectivity index (χ2v) is 5.42. The van der Waals surface area contributed by atoms with Crippen LogP contribution in [0.25, 0.3) is 0 Å². The Kier molecular flexibility index (Phi) is 5.99. The van der Waals surface area contributed by atoms with Crippen LogP contribution in [0.2, 0.25) is 0 Å². The zero-order chi connectivity index (χ0) is 15.1. The summed E-state index contributed by atoms with van der Waals surface area (Å²) >= 11 is 0. The van der Waals surface area contributed by atoms with Gasteiger partial charge in [0.1, 0.15) is 5.82 Å². The first kappa shape index (κ1) is 15.8. The lowest BCUT2D eigenvalue weighted by Crippen LogP contribution is -2.36. The molecule has 5 heteroatoms. The summed E-state index contributed by atoms with van der Waals surface area (Å²) in [6.45, 7) is 5.75. The Morgan fingerprint density at radius 2 is 2.29 bits per heavy atom. The van der Waals surface area contributed by atoms with Crippen LogP contribution in [0.4, 0.5) is 4.39 Å². The Balaban J connectivity index is 1.73. The number of rotatable bonds is 6. The average Bonchev–Trinajstić information content (AvgIpc) is 2.94. The van der Waals surface area contributed by atoms with E-state index in [9.17, 15) is 4.39 Å². The number of nitrogens with zero attached hydrogens (tertiary/aromatic N) is 2. The van der Waals surface area contributed by atoms with Crippen LogP contribution >= 0.6 is 0 Å². The average molecular weight is 292 g/mol. The summed E-state index contributed by atoms with van der Waals surface area (Å²) in [7, 11) is 0. The summed E-state index contributed by atoms with van der Waals surface area (Å²) in [6, 6.07) is 7.33. The summed E-state index contributed by atoms with van der Waals surface area (Å²) in [5.41, 5.74) is 6.57. The van der Waals surface area contributed by atoms with Crippen molar-refractivity contribution in [2.75, 3.05) is 26.2 Å². The van der Waals surface area contributed by atoms with Gasteiger partial charge in [-0.25, -0.2) is 4.39 Å². The maximum atomic E-state index is 13.5. The molecule has 0 aromatic heterocycles. The first-order chi connectivity index (χ1) is 10.2. The van der Waals surface area contributed by atoms with Gasteiger partial charge in [-0.1, -0.05) is 25.1 Å². The van der Waals surface area contributed by atoms with Crippen LogP contribution in [0.5, 0.6) is 0 Å². The Hall–Kier alpha value is -1.62. The first-order valence-corrected chi connectivity index (χ1v) is 7.72. The van der Waals surface area contributed by atoms with E-state index in [1.165, 1.54) is 18.9 Å². The standard InChI is InChI=1S/C16H25FN4/c1-2-21-11-5-7-14(21)12-20-16(18)19-10-9-13-6-3-4-8-15(13)17/h3-4,6,8,14H,2,5,7,9-12H2,1H3,(H3,18,19,20).